The molecule has 1 N–H and O–H groups in total. The van der Waals surface area contributed by atoms with Crippen molar-refractivity contribution in [3.8, 4) is 0 Å². The molecule has 0 aromatic heterocycles. The summed E-state index contributed by atoms with van der Waals surface area (Å²) in [4.78, 5) is 14.4. The largest absolute Gasteiger partial charge is 0.352 e. The molecule has 1 aliphatic rings. The van der Waals surface area contributed by atoms with Crippen LogP contribution < -0.4 is 5.32 Å². The van der Waals surface area contributed by atoms with Crippen LogP contribution in [0.15, 0.2) is 24.3 Å². The SMILES string of the molecule is C[C@@H](C(=O)NC1CCCCC1)N(C)Cc1ccc(Cl)cc1. The number of likely N-dealkylation sites (N-methyl/N-ethyl adjacent to an activating group) is 1. The molecule has 1 saturated carbocycles. The van der Waals surface area contributed by atoms with Crippen molar-refractivity contribution in [2.75, 3.05) is 7.05 Å². The first kappa shape index (κ1) is 16.3. The Labute approximate surface area is 132 Å². The molecule has 1 atom stereocenters. The van der Waals surface area contributed by atoms with E-state index in [1.165, 1.54) is 24.8 Å². The highest BCUT2D eigenvalue weighted by atomic mass is 35.5. The molecule has 1 fully saturated rings. The van der Waals surface area contributed by atoms with E-state index in [4.69, 9.17) is 11.6 Å². The van der Waals surface area contributed by atoms with Crippen LogP contribution in [0.3, 0.4) is 0 Å². The summed E-state index contributed by atoms with van der Waals surface area (Å²) >= 11 is 5.89. The Balaban J connectivity index is 1.84. The summed E-state index contributed by atoms with van der Waals surface area (Å²) in [6.45, 7) is 2.71. The zero-order valence-corrected chi connectivity index (χ0v) is 13.7. The third-order valence-corrected chi connectivity index (χ3v) is 4.59. The maximum atomic E-state index is 12.3. The van der Waals surface area contributed by atoms with Gasteiger partial charge in [0.25, 0.3) is 0 Å². The fraction of sp³-hybridized carbons (Fsp3) is 0.588. The summed E-state index contributed by atoms with van der Waals surface area (Å²) in [6.07, 6.45) is 6.02. The standard InChI is InChI=1S/C17H25ClN2O/c1-13(17(21)19-16-6-4-3-5-7-16)20(2)12-14-8-10-15(18)11-9-14/h8-11,13,16H,3-7,12H2,1-2H3,(H,19,21)/t13-/m0/s1. The first-order valence-electron chi connectivity index (χ1n) is 7.81. The summed E-state index contributed by atoms with van der Waals surface area (Å²) in [7, 11) is 1.99. The fourth-order valence-electron chi connectivity index (χ4n) is 2.78. The minimum absolute atomic E-state index is 0.123. The van der Waals surface area contributed by atoms with Gasteiger partial charge in [-0.05, 0) is 44.5 Å². The Morgan fingerprint density at radius 1 is 1.29 bits per heavy atom. The van der Waals surface area contributed by atoms with Crippen molar-refractivity contribution in [2.24, 2.45) is 0 Å². The number of nitrogens with one attached hydrogen (secondary N) is 1. The zero-order chi connectivity index (χ0) is 15.2. The number of hydrogen-bond donors (Lipinski definition) is 1. The van der Waals surface area contributed by atoms with Gasteiger partial charge in [-0.15, -0.1) is 0 Å². The molecule has 0 unspecified atom stereocenters. The van der Waals surface area contributed by atoms with Gasteiger partial charge in [0.1, 0.15) is 0 Å². The summed E-state index contributed by atoms with van der Waals surface area (Å²) in [5.74, 6) is 0.137. The van der Waals surface area contributed by atoms with Gasteiger partial charge < -0.3 is 5.32 Å². The molecule has 1 aromatic rings. The van der Waals surface area contributed by atoms with Crippen molar-refractivity contribution in [3.63, 3.8) is 0 Å². The number of nitrogens with zero attached hydrogens (tertiary/aromatic N) is 1. The van der Waals surface area contributed by atoms with Gasteiger partial charge in [-0.2, -0.15) is 0 Å². The number of carbonyl (C=O) groups excluding carboxylic acids is 1. The van der Waals surface area contributed by atoms with Gasteiger partial charge in [0.15, 0.2) is 0 Å². The summed E-state index contributed by atoms with van der Waals surface area (Å²) < 4.78 is 0. The second-order valence-electron chi connectivity index (χ2n) is 6.06. The van der Waals surface area contributed by atoms with Crippen LogP contribution in [0.5, 0.6) is 0 Å². The van der Waals surface area contributed by atoms with Gasteiger partial charge in [-0.1, -0.05) is 43.0 Å². The van der Waals surface area contributed by atoms with Crippen molar-refractivity contribution in [1.82, 2.24) is 10.2 Å². The van der Waals surface area contributed by atoms with Crippen LogP contribution in [-0.4, -0.2) is 29.9 Å². The Morgan fingerprint density at radius 2 is 1.90 bits per heavy atom. The van der Waals surface area contributed by atoms with E-state index in [2.05, 4.69) is 10.2 Å². The molecular weight excluding hydrogens is 284 g/mol. The molecule has 0 bridgehead atoms. The lowest BCUT2D eigenvalue weighted by atomic mass is 9.95. The molecular formula is C17H25ClN2O. The first-order valence-corrected chi connectivity index (χ1v) is 8.19. The number of rotatable bonds is 5. The molecule has 1 aliphatic carbocycles. The maximum absolute atomic E-state index is 12.3. The Kier molecular flexibility index (Phi) is 6.07. The van der Waals surface area contributed by atoms with Crippen LogP contribution in [0, 0.1) is 0 Å². The number of hydrogen-bond acceptors (Lipinski definition) is 2. The lowest BCUT2D eigenvalue weighted by Gasteiger charge is -2.28. The minimum Gasteiger partial charge on any atom is -0.352 e. The van der Waals surface area contributed by atoms with Crippen LogP contribution in [0.25, 0.3) is 0 Å². The van der Waals surface area contributed by atoms with Gasteiger partial charge >= 0.3 is 0 Å². The molecule has 0 saturated heterocycles. The van der Waals surface area contributed by atoms with E-state index in [1.807, 2.05) is 38.2 Å². The normalized spacial score (nSPS) is 17.7. The molecule has 0 aliphatic heterocycles. The Hall–Kier alpha value is -1.06. The third kappa shape index (κ3) is 5.01. The average molecular weight is 309 g/mol. The summed E-state index contributed by atoms with van der Waals surface area (Å²) in [6, 6.07) is 8.03. The highest BCUT2D eigenvalue weighted by Gasteiger charge is 2.22. The molecule has 1 amide bonds. The van der Waals surface area contributed by atoms with Crippen LogP contribution in [0.1, 0.15) is 44.6 Å². The van der Waals surface area contributed by atoms with Crippen molar-refractivity contribution in [2.45, 2.75) is 57.7 Å². The molecule has 0 heterocycles. The third-order valence-electron chi connectivity index (χ3n) is 4.34. The topological polar surface area (TPSA) is 32.3 Å². The van der Waals surface area contributed by atoms with Crippen LogP contribution in [0.2, 0.25) is 5.02 Å². The number of benzene rings is 1. The van der Waals surface area contributed by atoms with E-state index in [-0.39, 0.29) is 11.9 Å². The monoisotopic (exact) mass is 308 g/mol. The molecule has 3 nitrogen and oxygen atoms in total. The summed E-state index contributed by atoms with van der Waals surface area (Å²) in [5, 5.41) is 3.93. The van der Waals surface area contributed by atoms with Gasteiger partial charge in [0.05, 0.1) is 6.04 Å². The second kappa shape index (κ2) is 7.81. The predicted molar refractivity (Wildman–Crippen MR) is 87.4 cm³/mol. The smallest absolute Gasteiger partial charge is 0.237 e. The first-order chi connectivity index (χ1) is 10.1. The van der Waals surface area contributed by atoms with E-state index in [9.17, 15) is 4.79 Å². The molecule has 116 valence electrons. The highest BCUT2D eigenvalue weighted by molar-refractivity contribution is 6.30. The number of carbonyl (C=O) groups is 1. The fourth-order valence-corrected chi connectivity index (χ4v) is 2.91. The molecule has 0 radical (unpaired) electrons. The molecule has 21 heavy (non-hydrogen) atoms. The van der Waals surface area contributed by atoms with Crippen LogP contribution >= 0.6 is 11.6 Å². The molecule has 1 aromatic carbocycles. The van der Waals surface area contributed by atoms with Gasteiger partial charge in [0, 0.05) is 17.6 Å². The zero-order valence-electron chi connectivity index (χ0n) is 12.9. The van der Waals surface area contributed by atoms with Crippen molar-refractivity contribution in [3.05, 3.63) is 34.9 Å². The Bertz CT molecular complexity index is 454. The lowest BCUT2D eigenvalue weighted by molar-refractivity contribution is -0.126. The van der Waals surface area contributed by atoms with Crippen LogP contribution in [-0.2, 0) is 11.3 Å². The van der Waals surface area contributed by atoms with E-state index in [0.717, 1.165) is 24.4 Å². The number of halogens is 1. The molecule has 4 heteroatoms. The van der Waals surface area contributed by atoms with E-state index in [0.29, 0.717) is 6.04 Å². The van der Waals surface area contributed by atoms with Crippen molar-refractivity contribution in [1.29, 1.82) is 0 Å². The van der Waals surface area contributed by atoms with Gasteiger partial charge in [-0.25, -0.2) is 0 Å². The van der Waals surface area contributed by atoms with Gasteiger partial charge in [-0.3, -0.25) is 9.69 Å². The maximum Gasteiger partial charge on any atom is 0.237 e. The highest BCUT2D eigenvalue weighted by Crippen LogP contribution is 2.18. The predicted octanol–water partition coefficient (Wildman–Crippen LogP) is 3.61. The lowest BCUT2D eigenvalue weighted by Crippen LogP contribution is -2.47. The summed E-state index contributed by atoms with van der Waals surface area (Å²) in [5.41, 5.74) is 1.17. The quantitative estimate of drug-likeness (QED) is 0.901. The van der Waals surface area contributed by atoms with E-state index >= 15 is 0 Å². The van der Waals surface area contributed by atoms with Crippen molar-refractivity contribution < 1.29 is 4.79 Å². The minimum atomic E-state index is -0.123. The van der Waals surface area contributed by atoms with Crippen molar-refractivity contribution >= 4 is 17.5 Å². The van der Waals surface area contributed by atoms with E-state index in [1.54, 1.807) is 0 Å². The number of amides is 1. The molecule has 2 rings (SSSR count). The van der Waals surface area contributed by atoms with Crippen LogP contribution in [0.4, 0.5) is 0 Å². The second-order valence-corrected chi connectivity index (χ2v) is 6.50. The molecule has 0 spiro atoms. The average Bonchev–Trinajstić information content (AvgIpc) is 2.49. The Morgan fingerprint density at radius 3 is 2.52 bits per heavy atom. The van der Waals surface area contributed by atoms with E-state index < -0.39 is 0 Å². The van der Waals surface area contributed by atoms with Gasteiger partial charge in [0.2, 0.25) is 5.91 Å².